The van der Waals surface area contributed by atoms with E-state index < -0.39 is 0 Å². The van der Waals surface area contributed by atoms with Gasteiger partial charge in [-0.2, -0.15) is 4.98 Å². The highest BCUT2D eigenvalue weighted by molar-refractivity contribution is 6.10. The quantitative estimate of drug-likeness (QED) is 0.609. The first-order valence-corrected chi connectivity index (χ1v) is 10.8. The molecule has 0 saturated carbocycles. The summed E-state index contributed by atoms with van der Waals surface area (Å²) in [4.78, 5) is 22.5. The van der Waals surface area contributed by atoms with Crippen molar-refractivity contribution in [3.8, 4) is 0 Å². The van der Waals surface area contributed by atoms with Crippen LogP contribution in [0, 0.1) is 6.92 Å². The van der Waals surface area contributed by atoms with Gasteiger partial charge in [0, 0.05) is 75.2 Å². The average Bonchev–Trinajstić information content (AvgIpc) is 3.28. The third kappa shape index (κ3) is 3.69. The van der Waals surface area contributed by atoms with Crippen molar-refractivity contribution < 1.29 is 4.79 Å². The molecule has 0 spiro atoms. The van der Waals surface area contributed by atoms with Crippen molar-refractivity contribution in [3.05, 3.63) is 41.7 Å². The maximum absolute atomic E-state index is 13.2. The number of carbonyl (C=O) groups excluding carboxylic acids is 1. The van der Waals surface area contributed by atoms with Crippen LogP contribution in [0.3, 0.4) is 0 Å². The molecule has 2 aromatic heterocycles. The summed E-state index contributed by atoms with van der Waals surface area (Å²) in [6.07, 6.45) is 3.16. The SMILES string of the molecule is CCCn1cc(NC)nc1N1CCN(CC(=O)c2c(C)n(C)c3ccccc23)CC1. The van der Waals surface area contributed by atoms with Gasteiger partial charge in [-0.1, -0.05) is 25.1 Å². The number of ketones is 1. The molecule has 7 nitrogen and oxygen atoms in total. The van der Waals surface area contributed by atoms with Crippen LogP contribution in [0.2, 0.25) is 0 Å². The van der Waals surface area contributed by atoms with Gasteiger partial charge in [0.05, 0.1) is 6.54 Å². The number of fused-ring (bicyclic) bond motifs is 1. The highest BCUT2D eigenvalue weighted by Gasteiger charge is 2.25. The van der Waals surface area contributed by atoms with Gasteiger partial charge in [-0.15, -0.1) is 0 Å². The number of aryl methyl sites for hydroxylation is 2. The average molecular weight is 409 g/mol. The smallest absolute Gasteiger partial charge is 0.207 e. The van der Waals surface area contributed by atoms with E-state index in [9.17, 15) is 4.79 Å². The maximum Gasteiger partial charge on any atom is 0.207 e. The van der Waals surface area contributed by atoms with Crippen molar-refractivity contribution in [1.29, 1.82) is 0 Å². The monoisotopic (exact) mass is 408 g/mol. The summed E-state index contributed by atoms with van der Waals surface area (Å²) in [6, 6.07) is 8.17. The van der Waals surface area contributed by atoms with E-state index in [2.05, 4.69) is 49.5 Å². The van der Waals surface area contributed by atoms with E-state index in [1.54, 1.807) is 0 Å². The van der Waals surface area contributed by atoms with E-state index in [1.807, 2.05) is 33.2 Å². The Morgan fingerprint density at radius 1 is 1.17 bits per heavy atom. The molecule has 0 aliphatic carbocycles. The molecule has 1 fully saturated rings. The van der Waals surface area contributed by atoms with Gasteiger partial charge in [0.2, 0.25) is 5.95 Å². The van der Waals surface area contributed by atoms with Crippen LogP contribution < -0.4 is 10.2 Å². The van der Waals surface area contributed by atoms with Crippen molar-refractivity contribution in [2.24, 2.45) is 7.05 Å². The molecule has 30 heavy (non-hydrogen) atoms. The number of anilines is 2. The molecule has 0 radical (unpaired) electrons. The van der Waals surface area contributed by atoms with Crippen LogP contribution in [-0.4, -0.2) is 64.6 Å². The van der Waals surface area contributed by atoms with Gasteiger partial charge in [0.1, 0.15) is 5.82 Å². The molecule has 3 heterocycles. The lowest BCUT2D eigenvalue weighted by Gasteiger charge is -2.35. The number of piperazine rings is 1. The molecule has 0 unspecified atom stereocenters. The van der Waals surface area contributed by atoms with Crippen LogP contribution in [-0.2, 0) is 13.6 Å². The van der Waals surface area contributed by atoms with E-state index in [4.69, 9.17) is 4.98 Å². The van der Waals surface area contributed by atoms with Crippen LogP contribution in [0.5, 0.6) is 0 Å². The predicted molar refractivity (Wildman–Crippen MR) is 123 cm³/mol. The summed E-state index contributed by atoms with van der Waals surface area (Å²) >= 11 is 0. The molecule has 1 N–H and O–H groups in total. The second-order valence-electron chi connectivity index (χ2n) is 8.09. The second kappa shape index (κ2) is 8.52. The van der Waals surface area contributed by atoms with Crippen LogP contribution in [0.1, 0.15) is 29.4 Å². The Kier molecular flexibility index (Phi) is 5.81. The highest BCUT2D eigenvalue weighted by Crippen LogP contribution is 2.26. The minimum atomic E-state index is 0.211. The summed E-state index contributed by atoms with van der Waals surface area (Å²) in [7, 11) is 3.94. The Bertz CT molecular complexity index is 1040. The summed E-state index contributed by atoms with van der Waals surface area (Å²) in [5.41, 5.74) is 3.03. The standard InChI is InChI=1S/C23H32N6O/c1-5-10-29-16-21(24-3)25-23(29)28-13-11-27(12-14-28)15-20(30)22-17(2)26(4)19-9-7-6-8-18(19)22/h6-9,16,24H,5,10-15H2,1-4H3. The molecule has 160 valence electrons. The first-order valence-electron chi connectivity index (χ1n) is 10.8. The fraction of sp³-hybridized carbons (Fsp3) is 0.478. The third-order valence-corrected chi connectivity index (χ3v) is 6.18. The van der Waals surface area contributed by atoms with E-state index in [0.717, 1.165) is 73.1 Å². The number of hydrogen-bond acceptors (Lipinski definition) is 5. The molecular weight excluding hydrogens is 376 g/mol. The number of imidazole rings is 1. The van der Waals surface area contributed by atoms with Crippen LogP contribution in [0.4, 0.5) is 11.8 Å². The zero-order valence-electron chi connectivity index (χ0n) is 18.5. The number of nitrogens with zero attached hydrogens (tertiary/aromatic N) is 5. The zero-order chi connectivity index (χ0) is 21.3. The molecule has 3 aromatic rings. The summed E-state index contributed by atoms with van der Waals surface area (Å²) < 4.78 is 4.35. The van der Waals surface area contributed by atoms with Crippen molar-refractivity contribution in [1.82, 2.24) is 19.0 Å². The molecule has 0 bridgehead atoms. The predicted octanol–water partition coefficient (Wildman–Crippen LogP) is 3.14. The largest absolute Gasteiger partial charge is 0.372 e. The van der Waals surface area contributed by atoms with Crippen molar-refractivity contribution in [3.63, 3.8) is 0 Å². The molecule has 1 aromatic carbocycles. The van der Waals surface area contributed by atoms with Crippen LogP contribution in [0.25, 0.3) is 10.9 Å². The third-order valence-electron chi connectivity index (χ3n) is 6.18. The Balaban J connectivity index is 1.44. The molecule has 4 rings (SSSR count). The highest BCUT2D eigenvalue weighted by atomic mass is 16.1. The summed E-state index contributed by atoms with van der Waals surface area (Å²) in [5, 5.41) is 4.20. The number of nitrogens with one attached hydrogen (secondary N) is 1. The number of Topliss-reactive ketones (excluding diaryl/α,β-unsaturated/α-hetero) is 1. The number of hydrogen-bond donors (Lipinski definition) is 1. The van der Waals surface area contributed by atoms with Crippen LogP contribution >= 0.6 is 0 Å². The number of para-hydroxylation sites is 1. The zero-order valence-corrected chi connectivity index (χ0v) is 18.5. The number of benzene rings is 1. The number of rotatable bonds is 7. The lowest BCUT2D eigenvalue weighted by Crippen LogP contribution is -2.48. The fourth-order valence-corrected chi connectivity index (χ4v) is 4.45. The molecular formula is C23H32N6O. The minimum Gasteiger partial charge on any atom is -0.372 e. The van der Waals surface area contributed by atoms with E-state index in [1.165, 1.54) is 0 Å². The molecule has 1 aliphatic rings. The van der Waals surface area contributed by atoms with Gasteiger partial charge in [0.15, 0.2) is 5.78 Å². The topological polar surface area (TPSA) is 58.3 Å². The van der Waals surface area contributed by atoms with Crippen molar-refractivity contribution in [2.45, 2.75) is 26.8 Å². The first-order chi connectivity index (χ1) is 14.5. The lowest BCUT2D eigenvalue weighted by molar-refractivity contribution is 0.0927. The van der Waals surface area contributed by atoms with Crippen molar-refractivity contribution >= 4 is 28.5 Å². The Labute approximate surface area is 178 Å². The fourth-order valence-electron chi connectivity index (χ4n) is 4.45. The summed E-state index contributed by atoms with van der Waals surface area (Å²) in [5.74, 6) is 2.14. The normalized spacial score (nSPS) is 15.1. The number of carbonyl (C=O) groups is 1. The Morgan fingerprint density at radius 3 is 2.60 bits per heavy atom. The molecule has 1 saturated heterocycles. The van der Waals surface area contributed by atoms with Crippen LogP contribution in [0.15, 0.2) is 30.5 Å². The van der Waals surface area contributed by atoms with E-state index in [0.29, 0.717) is 6.54 Å². The molecule has 0 atom stereocenters. The second-order valence-corrected chi connectivity index (χ2v) is 8.09. The number of aromatic nitrogens is 3. The summed E-state index contributed by atoms with van der Waals surface area (Å²) in [6.45, 7) is 9.14. The Hall–Kier alpha value is -2.80. The van der Waals surface area contributed by atoms with Gasteiger partial charge < -0.3 is 19.4 Å². The van der Waals surface area contributed by atoms with Crippen molar-refractivity contribution in [2.75, 3.05) is 50.0 Å². The Morgan fingerprint density at radius 2 is 1.90 bits per heavy atom. The molecule has 0 amide bonds. The molecule has 1 aliphatic heterocycles. The van der Waals surface area contributed by atoms with Gasteiger partial charge in [-0.05, 0) is 19.4 Å². The van der Waals surface area contributed by atoms with E-state index in [-0.39, 0.29) is 5.78 Å². The van der Waals surface area contributed by atoms with E-state index >= 15 is 0 Å². The maximum atomic E-state index is 13.2. The first kappa shape index (κ1) is 20.5. The molecule has 7 heteroatoms. The van der Waals surface area contributed by atoms with Gasteiger partial charge >= 0.3 is 0 Å². The minimum absolute atomic E-state index is 0.211. The van der Waals surface area contributed by atoms with Gasteiger partial charge in [0.25, 0.3) is 0 Å². The van der Waals surface area contributed by atoms with Gasteiger partial charge in [-0.3, -0.25) is 9.69 Å². The van der Waals surface area contributed by atoms with Gasteiger partial charge in [-0.25, -0.2) is 0 Å². The lowest BCUT2D eigenvalue weighted by atomic mass is 10.1.